The second-order valence-corrected chi connectivity index (χ2v) is 4.44. The van der Waals surface area contributed by atoms with E-state index in [9.17, 15) is 4.79 Å². The van der Waals surface area contributed by atoms with Gasteiger partial charge in [0.1, 0.15) is 0 Å². The third kappa shape index (κ3) is 3.80. The van der Waals surface area contributed by atoms with Crippen molar-refractivity contribution in [1.29, 1.82) is 0 Å². The molecule has 0 aromatic carbocycles. The summed E-state index contributed by atoms with van der Waals surface area (Å²) >= 11 is 0. The fourth-order valence-electron chi connectivity index (χ4n) is 2.13. The molecular weight excluding hydrogens is 192 g/mol. The van der Waals surface area contributed by atoms with Crippen LogP contribution < -0.4 is 11.1 Å². The second-order valence-electron chi connectivity index (χ2n) is 4.44. The Bertz CT molecular complexity index is 209. The number of hydrogen-bond donors (Lipinski definition) is 2. The van der Waals surface area contributed by atoms with Crippen LogP contribution in [0.3, 0.4) is 0 Å². The summed E-state index contributed by atoms with van der Waals surface area (Å²) in [4.78, 5) is 11.8. The van der Waals surface area contributed by atoms with Crippen LogP contribution in [0.5, 0.6) is 0 Å². The number of nitrogens with two attached hydrogens (primary N) is 1. The maximum atomic E-state index is 11.8. The monoisotopic (exact) mass is 214 g/mol. The van der Waals surface area contributed by atoms with E-state index in [-0.39, 0.29) is 17.9 Å². The summed E-state index contributed by atoms with van der Waals surface area (Å²) in [5, 5.41) is 2.88. The molecule has 0 aliphatic heterocycles. The Morgan fingerprint density at radius 2 is 2.27 bits per heavy atom. The van der Waals surface area contributed by atoms with Crippen LogP contribution in [0.15, 0.2) is 0 Å². The minimum Gasteiger partial charge on any atom is -0.383 e. The van der Waals surface area contributed by atoms with E-state index in [0.717, 1.165) is 19.3 Å². The zero-order valence-corrected chi connectivity index (χ0v) is 9.66. The number of carbonyl (C=O) groups is 1. The Morgan fingerprint density at radius 1 is 1.53 bits per heavy atom. The molecule has 0 spiro atoms. The molecule has 3 unspecified atom stereocenters. The van der Waals surface area contributed by atoms with Crippen molar-refractivity contribution >= 4 is 5.91 Å². The lowest BCUT2D eigenvalue weighted by molar-refractivity contribution is -0.127. The van der Waals surface area contributed by atoms with Gasteiger partial charge in [-0.05, 0) is 25.2 Å². The Kier molecular flexibility index (Phi) is 5.05. The highest BCUT2D eigenvalue weighted by molar-refractivity contribution is 5.79. The fourth-order valence-corrected chi connectivity index (χ4v) is 2.13. The summed E-state index contributed by atoms with van der Waals surface area (Å²) in [5.41, 5.74) is 5.88. The van der Waals surface area contributed by atoms with Gasteiger partial charge >= 0.3 is 0 Å². The third-order valence-corrected chi connectivity index (χ3v) is 3.18. The van der Waals surface area contributed by atoms with Gasteiger partial charge in [0.15, 0.2) is 0 Å². The lowest BCUT2D eigenvalue weighted by Gasteiger charge is -2.31. The van der Waals surface area contributed by atoms with Crippen molar-refractivity contribution in [3.8, 4) is 0 Å². The first-order chi connectivity index (χ1) is 7.15. The van der Waals surface area contributed by atoms with Crippen molar-refractivity contribution < 1.29 is 9.53 Å². The Morgan fingerprint density at radius 3 is 2.93 bits per heavy atom. The molecule has 3 atom stereocenters. The third-order valence-electron chi connectivity index (χ3n) is 3.18. The summed E-state index contributed by atoms with van der Waals surface area (Å²) in [6.07, 6.45) is 2.92. The number of hydrogen-bond acceptors (Lipinski definition) is 3. The fraction of sp³-hybridized carbons (Fsp3) is 0.909. The molecule has 0 heterocycles. The highest BCUT2D eigenvalue weighted by Gasteiger charge is 2.30. The molecule has 1 saturated carbocycles. The molecule has 88 valence electrons. The number of carbonyl (C=O) groups excluding carboxylic acids is 1. The van der Waals surface area contributed by atoms with Crippen molar-refractivity contribution in [3.05, 3.63) is 0 Å². The normalized spacial score (nSPS) is 31.3. The lowest BCUT2D eigenvalue weighted by atomic mass is 9.78. The number of ether oxygens (including phenoxy) is 1. The molecule has 3 N–H and O–H groups in total. The maximum absolute atomic E-state index is 11.8. The Balaban J connectivity index is 2.35. The van der Waals surface area contributed by atoms with Crippen molar-refractivity contribution in [3.63, 3.8) is 0 Å². The summed E-state index contributed by atoms with van der Waals surface area (Å²) in [6.45, 7) is 3.29. The summed E-state index contributed by atoms with van der Waals surface area (Å²) in [5.74, 6) is 0.674. The Labute approximate surface area is 91.5 Å². The summed E-state index contributed by atoms with van der Waals surface area (Å²) in [6, 6.07) is 0.194. The van der Waals surface area contributed by atoms with E-state index in [1.807, 2.05) is 0 Å². The van der Waals surface area contributed by atoms with Crippen LogP contribution in [0.1, 0.15) is 26.2 Å². The number of nitrogens with one attached hydrogen (secondary N) is 1. The molecule has 4 nitrogen and oxygen atoms in total. The molecule has 0 aromatic heterocycles. The van der Waals surface area contributed by atoms with Gasteiger partial charge in [-0.25, -0.2) is 0 Å². The van der Waals surface area contributed by atoms with Crippen molar-refractivity contribution in [2.45, 2.75) is 32.2 Å². The number of rotatable bonds is 4. The predicted octanol–water partition coefficient (Wildman–Crippen LogP) is 0.513. The zero-order valence-electron chi connectivity index (χ0n) is 9.66. The SMILES string of the molecule is COCCNC(=O)C1CC(N)CCC1C. The topological polar surface area (TPSA) is 64.3 Å². The lowest BCUT2D eigenvalue weighted by Crippen LogP contribution is -2.42. The maximum Gasteiger partial charge on any atom is 0.223 e. The van der Waals surface area contributed by atoms with E-state index in [1.54, 1.807) is 7.11 Å². The van der Waals surface area contributed by atoms with E-state index >= 15 is 0 Å². The van der Waals surface area contributed by atoms with Crippen LogP contribution >= 0.6 is 0 Å². The van der Waals surface area contributed by atoms with Crippen molar-refractivity contribution in [1.82, 2.24) is 5.32 Å². The van der Waals surface area contributed by atoms with Crippen molar-refractivity contribution in [2.24, 2.45) is 17.6 Å². The van der Waals surface area contributed by atoms with Gasteiger partial charge in [0.05, 0.1) is 6.61 Å². The van der Waals surface area contributed by atoms with Crippen LogP contribution in [0, 0.1) is 11.8 Å². The summed E-state index contributed by atoms with van der Waals surface area (Å²) in [7, 11) is 1.63. The van der Waals surface area contributed by atoms with Crippen LogP contribution in [0.25, 0.3) is 0 Å². The van der Waals surface area contributed by atoms with E-state index in [1.165, 1.54) is 0 Å². The van der Waals surface area contributed by atoms with Gasteiger partial charge < -0.3 is 15.8 Å². The Hall–Kier alpha value is -0.610. The van der Waals surface area contributed by atoms with Crippen LogP contribution in [0.2, 0.25) is 0 Å². The van der Waals surface area contributed by atoms with E-state index in [4.69, 9.17) is 10.5 Å². The number of amides is 1. The molecule has 0 aromatic rings. The molecular formula is C11H22N2O2. The predicted molar refractivity (Wildman–Crippen MR) is 59.4 cm³/mol. The van der Waals surface area contributed by atoms with Gasteiger partial charge in [0.2, 0.25) is 5.91 Å². The molecule has 1 aliphatic carbocycles. The van der Waals surface area contributed by atoms with Crippen LogP contribution in [0.4, 0.5) is 0 Å². The van der Waals surface area contributed by atoms with Crippen molar-refractivity contribution in [2.75, 3.05) is 20.3 Å². The second kappa shape index (κ2) is 6.08. The van der Waals surface area contributed by atoms with Gasteiger partial charge in [-0.2, -0.15) is 0 Å². The highest BCUT2D eigenvalue weighted by Crippen LogP contribution is 2.28. The van der Waals surface area contributed by atoms with E-state index < -0.39 is 0 Å². The first-order valence-electron chi connectivity index (χ1n) is 5.67. The molecule has 1 aliphatic rings. The van der Waals surface area contributed by atoms with Gasteiger partial charge in [-0.1, -0.05) is 6.92 Å². The average Bonchev–Trinajstić information content (AvgIpc) is 2.22. The van der Waals surface area contributed by atoms with Gasteiger partial charge in [-0.15, -0.1) is 0 Å². The van der Waals surface area contributed by atoms with E-state index in [0.29, 0.717) is 19.1 Å². The highest BCUT2D eigenvalue weighted by atomic mass is 16.5. The molecule has 1 amide bonds. The standard InChI is InChI=1S/C11H22N2O2/c1-8-3-4-9(12)7-10(8)11(14)13-5-6-15-2/h8-10H,3-7,12H2,1-2H3,(H,13,14). The first-order valence-corrected chi connectivity index (χ1v) is 5.67. The molecule has 0 bridgehead atoms. The molecule has 1 fully saturated rings. The van der Waals surface area contributed by atoms with E-state index in [2.05, 4.69) is 12.2 Å². The quantitative estimate of drug-likeness (QED) is 0.670. The summed E-state index contributed by atoms with van der Waals surface area (Å²) < 4.78 is 4.89. The first kappa shape index (κ1) is 12.5. The van der Waals surface area contributed by atoms with Crippen LogP contribution in [-0.4, -0.2) is 32.2 Å². The van der Waals surface area contributed by atoms with Gasteiger partial charge in [0.25, 0.3) is 0 Å². The largest absolute Gasteiger partial charge is 0.383 e. The minimum absolute atomic E-state index is 0.0885. The number of methoxy groups -OCH3 is 1. The smallest absolute Gasteiger partial charge is 0.223 e. The minimum atomic E-state index is 0.0885. The van der Waals surface area contributed by atoms with Gasteiger partial charge in [0, 0.05) is 25.6 Å². The molecule has 15 heavy (non-hydrogen) atoms. The van der Waals surface area contributed by atoms with Gasteiger partial charge in [-0.3, -0.25) is 4.79 Å². The van der Waals surface area contributed by atoms with Crippen LogP contribution in [-0.2, 0) is 9.53 Å². The zero-order chi connectivity index (χ0) is 11.3. The molecule has 0 saturated heterocycles. The molecule has 0 radical (unpaired) electrons. The molecule has 4 heteroatoms. The molecule has 1 rings (SSSR count). The average molecular weight is 214 g/mol.